The Balaban J connectivity index is 1.92. The van der Waals surface area contributed by atoms with Gasteiger partial charge in [0.2, 0.25) is 0 Å². The van der Waals surface area contributed by atoms with Gasteiger partial charge in [-0.3, -0.25) is 0 Å². The van der Waals surface area contributed by atoms with Crippen molar-refractivity contribution in [2.24, 2.45) is 0 Å². The number of aliphatic hydroxyl groups excluding tert-OH is 1. The summed E-state index contributed by atoms with van der Waals surface area (Å²) in [4.78, 5) is 0. The normalized spacial score (nSPS) is 33.4. The molecule has 2 N–H and O–H groups in total. The van der Waals surface area contributed by atoms with Gasteiger partial charge in [-0.15, -0.1) is 6.42 Å². The van der Waals surface area contributed by atoms with Gasteiger partial charge in [0.1, 0.15) is 5.60 Å². The SMILES string of the molecule is C#CC1(O)CCC2(Cc3ccccc3)c3ccc(Br)cc3C1CC2O. The van der Waals surface area contributed by atoms with Gasteiger partial charge in [-0.2, -0.15) is 0 Å². The Kier molecular flexibility index (Phi) is 4.03. The van der Waals surface area contributed by atoms with Crippen molar-refractivity contribution in [3.8, 4) is 12.3 Å². The lowest BCUT2D eigenvalue weighted by molar-refractivity contribution is 0.0375. The lowest BCUT2D eigenvalue weighted by Gasteiger charge is -2.44. The average molecular weight is 397 g/mol. The zero-order valence-corrected chi connectivity index (χ0v) is 15.5. The number of hydrogen-bond acceptors (Lipinski definition) is 2. The Morgan fingerprint density at radius 2 is 1.92 bits per heavy atom. The Morgan fingerprint density at radius 3 is 2.64 bits per heavy atom. The summed E-state index contributed by atoms with van der Waals surface area (Å²) in [5.74, 6) is 2.41. The van der Waals surface area contributed by atoms with E-state index in [2.05, 4.69) is 46.1 Å². The van der Waals surface area contributed by atoms with Gasteiger partial charge in [0.25, 0.3) is 0 Å². The molecule has 4 atom stereocenters. The number of hydrogen-bond donors (Lipinski definition) is 2. The fourth-order valence-corrected chi connectivity index (χ4v) is 5.19. The molecule has 0 heterocycles. The van der Waals surface area contributed by atoms with Crippen LogP contribution in [0, 0.1) is 12.3 Å². The first-order chi connectivity index (χ1) is 12.0. The highest BCUT2D eigenvalue weighted by Gasteiger charge is 2.55. The van der Waals surface area contributed by atoms with Crippen LogP contribution in [0.15, 0.2) is 53.0 Å². The number of benzene rings is 2. The summed E-state index contributed by atoms with van der Waals surface area (Å²) in [5, 5.41) is 22.3. The van der Waals surface area contributed by atoms with E-state index in [9.17, 15) is 10.2 Å². The molecule has 128 valence electrons. The number of aliphatic hydroxyl groups is 2. The minimum absolute atomic E-state index is 0.230. The average Bonchev–Trinajstić information content (AvgIpc) is 2.79. The van der Waals surface area contributed by atoms with Gasteiger partial charge in [-0.25, -0.2) is 0 Å². The largest absolute Gasteiger partial charge is 0.392 e. The molecular weight excluding hydrogens is 376 g/mol. The van der Waals surface area contributed by atoms with Crippen LogP contribution in [-0.4, -0.2) is 21.9 Å². The molecule has 3 aliphatic rings. The van der Waals surface area contributed by atoms with Gasteiger partial charge in [0, 0.05) is 15.8 Å². The summed E-state index contributed by atoms with van der Waals surface area (Å²) < 4.78 is 0.975. The predicted octanol–water partition coefficient (Wildman–Crippen LogP) is 3.94. The highest BCUT2D eigenvalue weighted by Crippen LogP contribution is 2.56. The van der Waals surface area contributed by atoms with Gasteiger partial charge in [0.15, 0.2) is 0 Å². The molecule has 2 aromatic carbocycles. The summed E-state index contributed by atoms with van der Waals surface area (Å²) in [6.07, 6.45) is 7.64. The standard InChI is InChI=1S/C22H21BrO2/c1-2-22(25)11-10-21(14-15-6-4-3-5-7-15)18-9-8-16(23)12-17(18)19(22)13-20(21)24/h1,3-9,12,19-20,24-25H,10-11,13-14H2. The third kappa shape index (κ3) is 2.56. The van der Waals surface area contributed by atoms with Gasteiger partial charge in [-0.1, -0.05) is 58.2 Å². The lowest BCUT2D eigenvalue weighted by Crippen LogP contribution is -2.45. The van der Waals surface area contributed by atoms with Gasteiger partial charge in [-0.05, 0) is 54.5 Å². The van der Waals surface area contributed by atoms with Crippen molar-refractivity contribution in [1.29, 1.82) is 0 Å². The molecule has 4 unspecified atom stereocenters. The molecule has 3 aliphatic carbocycles. The second-order valence-electron chi connectivity index (χ2n) is 7.42. The molecule has 0 amide bonds. The molecule has 2 bridgehead atoms. The molecule has 3 heteroatoms. The van der Waals surface area contributed by atoms with Crippen LogP contribution in [0.4, 0.5) is 0 Å². The Labute approximate surface area is 157 Å². The van der Waals surface area contributed by atoms with Crippen molar-refractivity contribution in [3.63, 3.8) is 0 Å². The van der Waals surface area contributed by atoms with E-state index in [0.29, 0.717) is 19.3 Å². The number of rotatable bonds is 2. The van der Waals surface area contributed by atoms with Crippen molar-refractivity contribution in [1.82, 2.24) is 0 Å². The summed E-state index contributed by atoms with van der Waals surface area (Å²) in [7, 11) is 0. The first kappa shape index (κ1) is 16.8. The van der Waals surface area contributed by atoms with E-state index in [-0.39, 0.29) is 5.92 Å². The van der Waals surface area contributed by atoms with Crippen LogP contribution in [0.5, 0.6) is 0 Å². The molecule has 0 spiro atoms. The second kappa shape index (κ2) is 5.99. The summed E-state index contributed by atoms with van der Waals surface area (Å²) in [6, 6.07) is 16.5. The number of terminal acetylenes is 1. The van der Waals surface area contributed by atoms with E-state index in [4.69, 9.17) is 6.42 Å². The smallest absolute Gasteiger partial charge is 0.132 e. The molecule has 0 aromatic heterocycles. The van der Waals surface area contributed by atoms with E-state index in [1.807, 2.05) is 24.3 Å². The maximum Gasteiger partial charge on any atom is 0.132 e. The molecule has 1 saturated carbocycles. The van der Waals surface area contributed by atoms with Crippen LogP contribution in [0.1, 0.15) is 41.9 Å². The van der Waals surface area contributed by atoms with E-state index in [1.165, 1.54) is 5.56 Å². The molecule has 25 heavy (non-hydrogen) atoms. The Bertz CT molecular complexity index is 841. The third-order valence-corrected chi connectivity index (χ3v) is 6.66. The Hall–Kier alpha value is -1.60. The minimum atomic E-state index is -1.20. The van der Waals surface area contributed by atoms with Gasteiger partial charge >= 0.3 is 0 Å². The highest BCUT2D eigenvalue weighted by atomic mass is 79.9. The predicted molar refractivity (Wildman–Crippen MR) is 102 cm³/mol. The zero-order chi connectivity index (χ0) is 17.7. The first-order valence-electron chi connectivity index (χ1n) is 8.70. The third-order valence-electron chi connectivity index (χ3n) is 6.16. The minimum Gasteiger partial charge on any atom is -0.392 e. The molecule has 5 rings (SSSR count). The maximum absolute atomic E-state index is 11.1. The van der Waals surface area contributed by atoms with Crippen molar-refractivity contribution >= 4 is 15.9 Å². The first-order valence-corrected chi connectivity index (χ1v) is 9.50. The highest BCUT2D eigenvalue weighted by molar-refractivity contribution is 9.10. The van der Waals surface area contributed by atoms with Crippen molar-refractivity contribution in [3.05, 3.63) is 69.7 Å². The molecule has 0 radical (unpaired) electrons. The van der Waals surface area contributed by atoms with Crippen LogP contribution >= 0.6 is 15.9 Å². The van der Waals surface area contributed by atoms with Gasteiger partial charge in [0.05, 0.1) is 6.10 Å². The molecule has 2 aromatic rings. The number of halogens is 1. The molecule has 2 nitrogen and oxygen atoms in total. The van der Waals surface area contributed by atoms with Crippen molar-refractivity contribution < 1.29 is 10.2 Å². The van der Waals surface area contributed by atoms with E-state index < -0.39 is 17.1 Å². The summed E-state index contributed by atoms with van der Waals surface area (Å²) >= 11 is 3.55. The fraction of sp³-hybridized carbons (Fsp3) is 0.364. The zero-order valence-electron chi connectivity index (χ0n) is 14.0. The van der Waals surface area contributed by atoms with Crippen LogP contribution in [0.25, 0.3) is 0 Å². The second-order valence-corrected chi connectivity index (χ2v) is 8.34. The van der Waals surface area contributed by atoms with Gasteiger partial charge < -0.3 is 10.2 Å². The molecule has 0 aliphatic heterocycles. The van der Waals surface area contributed by atoms with E-state index in [1.54, 1.807) is 0 Å². The molecule has 1 fully saturated rings. The van der Waals surface area contributed by atoms with Crippen LogP contribution in [-0.2, 0) is 11.8 Å². The summed E-state index contributed by atoms with van der Waals surface area (Å²) in [5.41, 5.74) is 1.80. The topological polar surface area (TPSA) is 40.5 Å². The van der Waals surface area contributed by atoms with E-state index in [0.717, 1.165) is 22.0 Å². The van der Waals surface area contributed by atoms with E-state index >= 15 is 0 Å². The quantitative estimate of drug-likeness (QED) is 0.754. The van der Waals surface area contributed by atoms with Crippen LogP contribution in [0.2, 0.25) is 0 Å². The lowest BCUT2D eigenvalue weighted by atomic mass is 9.62. The van der Waals surface area contributed by atoms with Crippen molar-refractivity contribution in [2.45, 2.75) is 48.7 Å². The van der Waals surface area contributed by atoms with Crippen LogP contribution in [0.3, 0.4) is 0 Å². The van der Waals surface area contributed by atoms with Crippen molar-refractivity contribution in [2.75, 3.05) is 0 Å². The molecular formula is C22H21BrO2. The maximum atomic E-state index is 11.1. The molecule has 0 saturated heterocycles. The van der Waals surface area contributed by atoms with Crippen LogP contribution < -0.4 is 0 Å². The Morgan fingerprint density at radius 1 is 1.16 bits per heavy atom. The fourth-order valence-electron chi connectivity index (χ4n) is 4.81. The monoisotopic (exact) mass is 396 g/mol. The summed E-state index contributed by atoms with van der Waals surface area (Å²) in [6.45, 7) is 0. The number of fused-ring (bicyclic) bond motifs is 3.